The molecule has 2 aromatic rings. The van der Waals surface area contributed by atoms with Crippen molar-refractivity contribution in [2.75, 3.05) is 11.1 Å². The van der Waals surface area contributed by atoms with Crippen molar-refractivity contribution >= 4 is 17.6 Å². The molecule has 0 atom stereocenters. The Morgan fingerprint density at radius 1 is 1.35 bits per heavy atom. The average molecular weight is 231 g/mol. The Labute approximate surface area is 98.6 Å². The molecule has 0 fully saturated rings. The number of para-hydroxylation sites is 1. The standard InChI is InChI=1S/C12H13N3O2/c1-7-4-3-5-8(2)10(7)15-11(16)9-6-17-12(13)14-9/h3-6H,1-2H3,(H2,13,14)(H,15,16). The van der Waals surface area contributed by atoms with Crippen molar-refractivity contribution in [3.05, 3.63) is 41.3 Å². The number of oxazole rings is 1. The number of rotatable bonds is 2. The topological polar surface area (TPSA) is 81.2 Å². The first-order valence-corrected chi connectivity index (χ1v) is 5.16. The molecule has 0 saturated heterocycles. The largest absolute Gasteiger partial charge is 0.431 e. The lowest BCUT2D eigenvalue weighted by molar-refractivity contribution is 0.102. The van der Waals surface area contributed by atoms with Crippen molar-refractivity contribution in [2.45, 2.75) is 13.8 Å². The normalized spacial score (nSPS) is 10.2. The number of benzene rings is 1. The number of hydrogen-bond acceptors (Lipinski definition) is 4. The highest BCUT2D eigenvalue weighted by atomic mass is 16.4. The van der Waals surface area contributed by atoms with Gasteiger partial charge in [0, 0.05) is 5.69 Å². The van der Waals surface area contributed by atoms with Crippen molar-refractivity contribution in [3.8, 4) is 0 Å². The lowest BCUT2D eigenvalue weighted by atomic mass is 10.1. The van der Waals surface area contributed by atoms with E-state index in [-0.39, 0.29) is 17.6 Å². The second-order valence-corrected chi connectivity index (χ2v) is 3.79. The van der Waals surface area contributed by atoms with Gasteiger partial charge in [0.25, 0.3) is 11.9 Å². The number of nitrogen functional groups attached to an aromatic ring is 1. The molecule has 1 amide bonds. The van der Waals surface area contributed by atoms with Gasteiger partial charge in [0.2, 0.25) is 0 Å². The minimum atomic E-state index is -0.331. The summed E-state index contributed by atoms with van der Waals surface area (Å²) in [6.45, 7) is 3.86. The first kappa shape index (κ1) is 11.2. The zero-order valence-electron chi connectivity index (χ0n) is 9.65. The molecule has 3 N–H and O–H groups in total. The van der Waals surface area contributed by atoms with Crippen LogP contribution in [0.25, 0.3) is 0 Å². The minimum absolute atomic E-state index is 0.0170. The first-order valence-electron chi connectivity index (χ1n) is 5.16. The maximum atomic E-state index is 11.8. The number of carbonyl (C=O) groups excluding carboxylic acids is 1. The molecule has 0 aliphatic rings. The van der Waals surface area contributed by atoms with Crippen LogP contribution in [0, 0.1) is 13.8 Å². The fourth-order valence-corrected chi connectivity index (χ4v) is 1.58. The molecule has 0 saturated carbocycles. The highest BCUT2D eigenvalue weighted by Crippen LogP contribution is 2.20. The van der Waals surface area contributed by atoms with E-state index in [0.717, 1.165) is 16.8 Å². The summed E-state index contributed by atoms with van der Waals surface area (Å²) in [7, 11) is 0. The van der Waals surface area contributed by atoms with E-state index < -0.39 is 0 Å². The highest BCUT2D eigenvalue weighted by Gasteiger charge is 2.13. The van der Waals surface area contributed by atoms with Gasteiger partial charge >= 0.3 is 0 Å². The quantitative estimate of drug-likeness (QED) is 0.829. The highest BCUT2D eigenvalue weighted by molar-refractivity contribution is 6.03. The van der Waals surface area contributed by atoms with Gasteiger partial charge in [-0.2, -0.15) is 4.98 Å². The van der Waals surface area contributed by atoms with Gasteiger partial charge in [-0.05, 0) is 25.0 Å². The van der Waals surface area contributed by atoms with Gasteiger partial charge in [-0.15, -0.1) is 0 Å². The van der Waals surface area contributed by atoms with Crippen LogP contribution in [0.5, 0.6) is 0 Å². The third kappa shape index (κ3) is 2.28. The third-order valence-corrected chi connectivity index (χ3v) is 2.47. The van der Waals surface area contributed by atoms with Crippen molar-refractivity contribution in [1.82, 2.24) is 4.98 Å². The van der Waals surface area contributed by atoms with Crippen molar-refractivity contribution in [3.63, 3.8) is 0 Å². The van der Waals surface area contributed by atoms with Crippen LogP contribution in [-0.2, 0) is 0 Å². The van der Waals surface area contributed by atoms with Crippen molar-refractivity contribution in [1.29, 1.82) is 0 Å². The van der Waals surface area contributed by atoms with E-state index in [9.17, 15) is 4.79 Å². The third-order valence-electron chi connectivity index (χ3n) is 2.47. The Balaban J connectivity index is 2.24. The average Bonchev–Trinajstić information content (AvgIpc) is 2.70. The Bertz CT molecular complexity index is 540. The number of nitrogens with zero attached hydrogens (tertiary/aromatic N) is 1. The molecule has 0 unspecified atom stereocenters. The van der Waals surface area contributed by atoms with Crippen LogP contribution in [0.15, 0.2) is 28.9 Å². The number of anilines is 2. The maximum absolute atomic E-state index is 11.8. The van der Waals surface area contributed by atoms with E-state index in [1.165, 1.54) is 6.26 Å². The maximum Gasteiger partial charge on any atom is 0.292 e. The zero-order valence-corrected chi connectivity index (χ0v) is 9.65. The molecule has 0 bridgehead atoms. The number of amides is 1. The van der Waals surface area contributed by atoms with Gasteiger partial charge in [-0.25, -0.2) is 0 Å². The molecule has 1 aromatic heterocycles. The summed E-state index contributed by atoms with van der Waals surface area (Å²) in [6.07, 6.45) is 1.23. The summed E-state index contributed by atoms with van der Waals surface area (Å²) >= 11 is 0. The van der Waals surface area contributed by atoms with Gasteiger partial charge in [-0.3, -0.25) is 4.79 Å². The fraction of sp³-hybridized carbons (Fsp3) is 0.167. The van der Waals surface area contributed by atoms with Gasteiger partial charge in [0.1, 0.15) is 6.26 Å². The Morgan fingerprint density at radius 3 is 2.53 bits per heavy atom. The fourth-order valence-electron chi connectivity index (χ4n) is 1.58. The predicted molar refractivity (Wildman–Crippen MR) is 64.8 cm³/mol. The molecule has 1 heterocycles. The lowest BCUT2D eigenvalue weighted by Gasteiger charge is -2.09. The van der Waals surface area contributed by atoms with Gasteiger partial charge in [0.15, 0.2) is 5.69 Å². The number of nitrogens with one attached hydrogen (secondary N) is 1. The summed E-state index contributed by atoms with van der Waals surface area (Å²) < 4.78 is 4.79. The lowest BCUT2D eigenvalue weighted by Crippen LogP contribution is -2.14. The van der Waals surface area contributed by atoms with Gasteiger partial charge in [0.05, 0.1) is 0 Å². The molecule has 17 heavy (non-hydrogen) atoms. The molecule has 2 rings (SSSR count). The molecule has 88 valence electrons. The van der Waals surface area contributed by atoms with Crippen LogP contribution in [0.2, 0.25) is 0 Å². The van der Waals surface area contributed by atoms with Crippen LogP contribution in [0.4, 0.5) is 11.7 Å². The molecule has 1 aromatic carbocycles. The summed E-state index contributed by atoms with van der Waals surface area (Å²) in [5, 5.41) is 2.79. The molecule has 5 nitrogen and oxygen atoms in total. The van der Waals surface area contributed by atoms with Crippen LogP contribution >= 0.6 is 0 Å². The molecular formula is C12H13N3O2. The van der Waals surface area contributed by atoms with E-state index in [1.807, 2.05) is 32.0 Å². The smallest absolute Gasteiger partial charge is 0.292 e. The summed E-state index contributed by atoms with van der Waals surface area (Å²) in [6, 6.07) is 5.78. The molecular weight excluding hydrogens is 218 g/mol. The summed E-state index contributed by atoms with van der Waals surface area (Å²) in [5.41, 5.74) is 8.26. The van der Waals surface area contributed by atoms with E-state index in [1.54, 1.807) is 0 Å². The molecule has 0 aliphatic heterocycles. The molecule has 0 aliphatic carbocycles. The van der Waals surface area contributed by atoms with Crippen molar-refractivity contribution in [2.24, 2.45) is 0 Å². The second-order valence-electron chi connectivity index (χ2n) is 3.79. The molecule has 0 radical (unpaired) electrons. The number of aryl methyl sites for hydroxylation is 2. The summed E-state index contributed by atoms with van der Waals surface area (Å²) in [5.74, 6) is -0.331. The van der Waals surface area contributed by atoms with Crippen molar-refractivity contribution < 1.29 is 9.21 Å². The minimum Gasteiger partial charge on any atom is -0.431 e. The van der Waals surface area contributed by atoms with E-state index in [4.69, 9.17) is 10.2 Å². The monoisotopic (exact) mass is 231 g/mol. The van der Waals surface area contributed by atoms with E-state index in [0.29, 0.717) is 0 Å². The number of aromatic nitrogens is 1. The Morgan fingerprint density at radius 2 is 2.00 bits per heavy atom. The van der Waals surface area contributed by atoms with E-state index >= 15 is 0 Å². The van der Waals surface area contributed by atoms with Crippen LogP contribution in [-0.4, -0.2) is 10.9 Å². The van der Waals surface area contributed by atoms with Crippen LogP contribution < -0.4 is 11.1 Å². The SMILES string of the molecule is Cc1cccc(C)c1NC(=O)c1coc(N)n1. The van der Waals surface area contributed by atoms with Crippen LogP contribution in [0.3, 0.4) is 0 Å². The second kappa shape index (κ2) is 4.29. The predicted octanol–water partition coefficient (Wildman–Crippen LogP) is 2.13. The first-order chi connectivity index (χ1) is 8.08. The molecule has 5 heteroatoms. The van der Waals surface area contributed by atoms with Gasteiger partial charge in [-0.1, -0.05) is 18.2 Å². The van der Waals surface area contributed by atoms with E-state index in [2.05, 4.69) is 10.3 Å². The zero-order chi connectivity index (χ0) is 12.4. The van der Waals surface area contributed by atoms with Gasteiger partial charge < -0.3 is 15.5 Å². The number of nitrogens with two attached hydrogens (primary N) is 1. The number of carbonyl (C=O) groups is 1. The number of hydrogen-bond donors (Lipinski definition) is 2. The van der Waals surface area contributed by atoms with Crippen LogP contribution in [0.1, 0.15) is 21.6 Å². The summed E-state index contributed by atoms with van der Waals surface area (Å²) in [4.78, 5) is 15.6. The Hall–Kier alpha value is -2.30. The Kier molecular flexibility index (Phi) is 2.82. The molecule has 0 spiro atoms.